The molecule has 1 aliphatic rings. The third-order valence-corrected chi connectivity index (χ3v) is 6.08. The Morgan fingerprint density at radius 2 is 2.03 bits per heavy atom. The van der Waals surface area contributed by atoms with E-state index in [4.69, 9.17) is 14.1 Å². The number of thiazole rings is 1. The first-order valence-corrected chi connectivity index (χ1v) is 11.2. The maximum absolute atomic E-state index is 6.04. The molecule has 30 heavy (non-hydrogen) atoms. The molecule has 1 fully saturated rings. The number of aromatic nitrogens is 1. The second kappa shape index (κ2) is 11.1. The van der Waals surface area contributed by atoms with E-state index in [1.807, 2.05) is 30.3 Å². The van der Waals surface area contributed by atoms with Crippen molar-refractivity contribution in [1.82, 2.24) is 15.2 Å². The first-order chi connectivity index (χ1) is 14.3. The van der Waals surface area contributed by atoms with E-state index in [2.05, 4.69) is 35.1 Å². The smallest absolute Gasteiger partial charge is 0.194 e. The Bertz CT molecular complexity index is 930. The minimum Gasteiger partial charge on any atom is -0.457 e. The molecule has 6 nitrogen and oxygen atoms in total. The van der Waals surface area contributed by atoms with E-state index >= 15 is 0 Å². The number of nitrogens with zero attached hydrogens (tertiary/aromatic N) is 3. The molecule has 162 valence electrons. The minimum atomic E-state index is 0. The van der Waals surface area contributed by atoms with Crippen LogP contribution in [0.1, 0.15) is 32.4 Å². The van der Waals surface area contributed by atoms with Crippen molar-refractivity contribution in [3.8, 4) is 10.8 Å². The number of furan rings is 1. The van der Waals surface area contributed by atoms with Crippen LogP contribution < -0.4 is 5.32 Å². The van der Waals surface area contributed by atoms with Crippen molar-refractivity contribution in [2.24, 2.45) is 4.99 Å². The molecule has 3 aromatic rings. The van der Waals surface area contributed by atoms with Crippen LogP contribution in [0.3, 0.4) is 0 Å². The van der Waals surface area contributed by atoms with Crippen LogP contribution >= 0.6 is 35.3 Å². The van der Waals surface area contributed by atoms with E-state index in [-0.39, 0.29) is 24.0 Å². The number of para-hydroxylation sites is 1. The topological polar surface area (TPSA) is 62.9 Å². The van der Waals surface area contributed by atoms with Gasteiger partial charge >= 0.3 is 0 Å². The highest BCUT2D eigenvalue weighted by atomic mass is 127. The third kappa shape index (κ3) is 5.53. The summed E-state index contributed by atoms with van der Waals surface area (Å²) in [7, 11) is 0. The van der Waals surface area contributed by atoms with Gasteiger partial charge in [-0.15, -0.1) is 35.3 Å². The summed E-state index contributed by atoms with van der Waals surface area (Å²) < 4.78 is 13.0. The Balaban J connectivity index is 0.00000256. The molecular weight excluding hydrogens is 511 g/mol. The average Bonchev–Trinajstić information content (AvgIpc) is 3.39. The Morgan fingerprint density at radius 1 is 1.23 bits per heavy atom. The van der Waals surface area contributed by atoms with Crippen LogP contribution in [0.5, 0.6) is 0 Å². The summed E-state index contributed by atoms with van der Waals surface area (Å²) in [5.41, 5.74) is 1.01. The van der Waals surface area contributed by atoms with E-state index in [0.717, 1.165) is 67.1 Å². The summed E-state index contributed by atoms with van der Waals surface area (Å²) in [5, 5.41) is 4.32. The first-order valence-electron chi connectivity index (χ1n) is 10.4. The fraction of sp³-hybridized carbons (Fsp3) is 0.455. The number of nitrogens with one attached hydrogen (secondary N) is 1. The number of likely N-dealkylation sites (tertiary alicyclic amines) is 1. The van der Waals surface area contributed by atoms with Crippen LogP contribution in [0, 0.1) is 0 Å². The zero-order chi connectivity index (χ0) is 20.1. The molecule has 0 radical (unpaired) electrons. The molecule has 3 heterocycles. The van der Waals surface area contributed by atoms with Gasteiger partial charge < -0.3 is 19.4 Å². The Morgan fingerprint density at radius 3 is 2.77 bits per heavy atom. The van der Waals surface area contributed by atoms with E-state index in [9.17, 15) is 0 Å². The molecule has 0 amide bonds. The molecule has 0 spiro atoms. The molecule has 1 saturated heterocycles. The lowest BCUT2D eigenvalue weighted by atomic mass is 10.1. The summed E-state index contributed by atoms with van der Waals surface area (Å²) in [6.07, 6.45) is 2.46. The molecule has 1 aliphatic heterocycles. The number of piperidine rings is 1. The Kier molecular flexibility index (Phi) is 8.52. The van der Waals surface area contributed by atoms with E-state index < -0.39 is 0 Å². The third-order valence-electron chi connectivity index (χ3n) is 5.03. The van der Waals surface area contributed by atoms with Crippen molar-refractivity contribution < 1.29 is 9.15 Å². The van der Waals surface area contributed by atoms with Gasteiger partial charge in [-0.3, -0.25) is 0 Å². The number of fused-ring (bicyclic) bond motifs is 1. The zero-order valence-corrected chi connectivity index (χ0v) is 20.6. The molecule has 0 atom stereocenters. The van der Waals surface area contributed by atoms with Crippen LogP contribution in [0.2, 0.25) is 0 Å². The van der Waals surface area contributed by atoms with Crippen LogP contribution in [0.15, 0.2) is 45.8 Å². The highest BCUT2D eigenvalue weighted by Gasteiger charge is 2.21. The Hall–Kier alpha value is -1.65. The molecule has 0 aliphatic carbocycles. The monoisotopic (exact) mass is 540 g/mol. The van der Waals surface area contributed by atoms with E-state index in [1.165, 1.54) is 4.70 Å². The quantitative estimate of drug-likeness (QED) is 0.267. The van der Waals surface area contributed by atoms with E-state index in [1.54, 1.807) is 11.3 Å². The molecule has 1 aromatic carbocycles. The molecule has 8 heteroatoms. The van der Waals surface area contributed by atoms with Crippen molar-refractivity contribution in [2.45, 2.75) is 39.3 Å². The number of benzene rings is 1. The second-order valence-electron chi connectivity index (χ2n) is 7.06. The first kappa shape index (κ1) is 23.0. The molecule has 0 unspecified atom stereocenters. The van der Waals surface area contributed by atoms with Crippen molar-refractivity contribution in [3.63, 3.8) is 0 Å². The number of guanidine groups is 1. The van der Waals surface area contributed by atoms with Crippen molar-refractivity contribution in [1.29, 1.82) is 0 Å². The van der Waals surface area contributed by atoms with Gasteiger partial charge in [0, 0.05) is 26.2 Å². The van der Waals surface area contributed by atoms with Crippen LogP contribution in [-0.2, 0) is 11.3 Å². The SMILES string of the molecule is CCNC(=NCc1ccc(-c2nc3ccccc3s2)o1)N1CCC(OCC)CC1.I. The van der Waals surface area contributed by atoms with Crippen LogP contribution in [0.4, 0.5) is 0 Å². The molecule has 0 saturated carbocycles. The lowest BCUT2D eigenvalue weighted by Gasteiger charge is -2.34. The Labute approximate surface area is 198 Å². The van der Waals surface area contributed by atoms with Gasteiger partial charge in [-0.1, -0.05) is 12.1 Å². The molecule has 4 rings (SSSR count). The molecule has 2 aromatic heterocycles. The van der Waals surface area contributed by atoms with Crippen LogP contribution in [0.25, 0.3) is 21.0 Å². The van der Waals surface area contributed by atoms with Gasteiger partial charge in [0.15, 0.2) is 16.7 Å². The number of hydrogen-bond donors (Lipinski definition) is 1. The predicted octanol–water partition coefficient (Wildman–Crippen LogP) is 5.14. The number of ether oxygens (including phenoxy) is 1. The fourth-order valence-corrected chi connectivity index (χ4v) is 4.53. The minimum absolute atomic E-state index is 0. The lowest BCUT2D eigenvalue weighted by Crippen LogP contribution is -2.47. The maximum atomic E-state index is 6.04. The van der Waals surface area contributed by atoms with Gasteiger partial charge in [0.2, 0.25) is 0 Å². The van der Waals surface area contributed by atoms with Crippen molar-refractivity contribution in [2.75, 3.05) is 26.2 Å². The summed E-state index contributed by atoms with van der Waals surface area (Å²) in [5.74, 6) is 2.60. The highest BCUT2D eigenvalue weighted by molar-refractivity contribution is 14.0. The second-order valence-corrected chi connectivity index (χ2v) is 8.10. The number of halogens is 1. The van der Waals surface area contributed by atoms with Crippen molar-refractivity contribution >= 4 is 51.5 Å². The van der Waals surface area contributed by atoms with Gasteiger partial charge in [0.05, 0.1) is 16.3 Å². The largest absolute Gasteiger partial charge is 0.457 e. The molecule has 0 bridgehead atoms. The van der Waals surface area contributed by atoms with Gasteiger partial charge in [-0.25, -0.2) is 9.98 Å². The van der Waals surface area contributed by atoms with Gasteiger partial charge in [-0.05, 0) is 51.0 Å². The van der Waals surface area contributed by atoms with Crippen molar-refractivity contribution in [3.05, 3.63) is 42.2 Å². The standard InChI is InChI=1S/C22H28N4O2S.HI/c1-3-23-22(26-13-11-16(12-14-26)27-4-2)24-15-17-9-10-19(28-17)21-25-18-7-5-6-8-20(18)29-21;/h5-10,16H,3-4,11-15H2,1-2H3,(H,23,24);1H. The summed E-state index contributed by atoms with van der Waals surface area (Å²) in [4.78, 5) is 11.8. The number of rotatable bonds is 6. The summed E-state index contributed by atoms with van der Waals surface area (Å²) in [6.45, 7) is 8.23. The normalized spacial score (nSPS) is 15.4. The molecule has 1 N–H and O–H groups in total. The maximum Gasteiger partial charge on any atom is 0.194 e. The average molecular weight is 540 g/mol. The molecular formula is C22H29IN4O2S. The fourth-order valence-electron chi connectivity index (χ4n) is 3.60. The van der Waals surface area contributed by atoms with Gasteiger partial charge in [0.25, 0.3) is 0 Å². The predicted molar refractivity (Wildman–Crippen MR) is 134 cm³/mol. The summed E-state index contributed by atoms with van der Waals surface area (Å²) >= 11 is 1.65. The summed E-state index contributed by atoms with van der Waals surface area (Å²) in [6, 6.07) is 12.1. The van der Waals surface area contributed by atoms with Gasteiger partial charge in [-0.2, -0.15) is 0 Å². The zero-order valence-electron chi connectivity index (χ0n) is 17.5. The highest BCUT2D eigenvalue weighted by Crippen LogP contribution is 2.31. The lowest BCUT2D eigenvalue weighted by molar-refractivity contribution is 0.0263. The number of hydrogen-bond acceptors (Lipinski definition) is 5. The van der Waals surface area contributed by atoms with E-state index in [0.29, 0.717) is 12.6 Å². The number of aliphatic imine (C=N–C) groups is 1. The van der Waals surface area contributed by atoms with Crippen LogP contribution in [-0.4, -0.2) is 48.2 Å². The van der Waals surface area contributed by atoms with Gasteiger partial charge in [0.1, 0.15) is 12.3 Å².